The van der Waals surface area contributed by atoms with E-state index >= 15 is 0 Å². The number of hydrogen-bond acceptors (Lipinski definition) is 2. The van der Waals surface area contributed by atoms with Crippen LogP contribution in [0, 0.1) is 0 Å². The van der Waals surface area contributed by atoms with Crippen LogP contribution in [-0.4, -0.2) is 29.6 Å². The first-order chi connectivity index (χ1) is 6.70. The third-order valence-electron chi connectivity index (χ3n) is 4.06. The smallest absolute Gasteiger partial charge is 0.0283 e. The van der Waals surface area contributed by atoms with Gasteiger partial charge < -0.3 is 5.73 Å². The Morgan fingerprint density at radius 2 is 1.93 bits per heavy atom. The Labute approximate surface area is 87.8 Å². The van der Waals surface area contributed by atoms with Crippen molar-refractivity contribution >= 4 is 0 Å². The average molecular weight is 196 g/mol. The highest BCUT2D eigenvalue weighted by atomic mass is 15.2. The van der Waals surface area contributed by atoms with Crippen molar-refractivity contribution in [1.29, 1.82) is 0 Å². The Morgan fingerprint density at radius 1 is 1.21 bits per heavy atom. The van der Waals surface area contributed by atoms with Gasteiger partial charge in [-0.25, -0.2) is 0 Å². The van der Waals surface area contributed by atoms with Gasteiger partial charge in [0.15, 0.2) is 0 Å². The monoisotopic (exact) mass is 196 g/mol. The molecule has 0 aromatic carbocycles. The van der Waals surface area contributed by atoms with E-state index in [1.54, 1.807) is 0 Å². The zero-order valence-electron chi connectivity index (χ0n) is 9.47. The second-order valence-electron chi connectivity index (χ2n) is 5.38. The molecule has 0 spiro atoms. The standard InChI is InChI=1S/C12H24N2/c1-11-6-2-5-9-14(11)10-12(13)7-3-4-8-12/h11H,2-10,13H2,1H3. The molecular weight excluding hydrogens is 172 g/mol. The van der Waals surface area contributed by atoms with Crippen molar-refractivity contribution in [1.82, 2.24) is 4.90 Å². The van der Waals surface area contributed by atoms with Gasteiger partial charge in [-0.1, -0.05) is 19.3 Å². The van der Waals surface area contributed by atoms with Crippen LogP contribution in [-0.2, 0) is 0 Å². The molecule has 0 radical (unpaired) electrons. The molecule has 1 saturated carbocycles. The molecule has 14 heavy (non-hydrogen) atoms. The third-order valence-corrected chi connectivity index (χ3v) is 4.06. The normalized spacial score (nSPS) is 33.4. The number of piperidine rings is 1. The minimum absolute atomic E-state index is 0.158. The van der Waals surface area contributed by atoms with E-state index in [9.17, 15) is 0 Å². The van der Waals surface area contributed by atoms with Crippen LogP contribution in [0.5, 0.6) is 0 Å². The second-order valence-corrected chi connectivity index (χ2v) is 5.38. The van der Waals surface area contributed by atoms with Gasteiger partial charge in [-0.15, -0.1) is 0 Å². The summed E-state index contributed by atoms with van der Waals surface area (Å²) in [4.78, 5) is 2.62. The van der Waals surface area contributed by atoms with E-state index in [0.717, 1.165) is 12.6 Å². The molecule has 2 heteroatoms. The van der Waals surface area contributed by atoms with E-state index in [4.69, 9.17) is 5.73 Å². The van der Waals surface area contributed by atoms with Crippen LogP contribution < -0.4 is 5.73 Å². The molecule has 1 aliphatic carbocycles. The minimum atomic E-state index is 0.158. The lowest BCUT2D eigenvalue weighted by molar-refractivity contribution is 0.125. The highest BCUT2D eigenvalue weighted by Crippen LogP contribution is 2.29. The van der Waals surface area contributed by atoms with Crippen LogP contribution in [0.2, 0.25) is 0 Å². The molecule has 0 bridgehead atoms. The van der Waals surface area contributed by atoms with Crippen molar-refractivity contribution in [3.05, 3.63) is 0 Å². The number of nitrogens with zero attached hydrogens (tertiary/aromatic N) is 1. The van der Waals surface area contributed by atoms with Gasteiger partial charge in [0.1, 0.15) is 0 Å². The van der Waals surface area contributed by atoms with Gasteiger partial charge in [-0.05, 0) is 39.2 Å². The Kier molecular flexibility index (Phi) is 3.13. The number of nitrogens with two attached hydrogens (primary N) is 1. The Morgan fingerprint density at radius 3 is 2.57 bits per heavy atom. The molecule has 2 rings (SSSR count). The molecule has 2 nitrogen and oxygen atoms in total. The van der Waals surface area contributed by atoms with Crippen molar-refractivity contribution in [3.63, 3.8) is 0 Å². The SMILES string of the molecule is CC1CCCCN1CC1(N)CCCC1. The maximum Gasteiger partial charge on any atom is 0.0283 e. The predicted octanol–water partition coefficient (Wildman–Crippen LogP) is 2.13. The predicted molar refractivity (Wildman–Crippen MR) is 60.3 cm³/mol. The molecule has 2 fully saturated rings. The summed E-state index contributed by atoms with van der Waals surface area (Å²) in [6, 6.07) is 0.768. The average Bonchev–Trinajstić information content (AvgIpc) is 2.57. The van der Waals surface area contributed by atoms with Crippen LogP contribution in [0.1, 0.15) is 51.9 Å². The van der Waals surface area contributed by atoms with Crippen LogP contribution >= 0.6 is 0 Å². The summed E-state index contributed by atoms with van der Waals surface area (Å²) >= 11 is 0. The van der Waals surface area contributed by atoms with Crippen molar-refractivity contribution < 1.29 is 0 Å². The number of likely N-dealkylation sites (tertiary alicyclic amines) is 1. The fourth-order valence-electron chi connectivity index (χ4n) is 3.03. The Hall–Kier alpha value is -0.0800. The van der Waals surface area contributed by atoms with Gasteiger partial charge in [0.2, 0.25) is 0 Å². The van der Waals surface area contributed by atoms with Crippen molar-refractivity contribution in [3.8, 4) is 0 Å². The number of rotatable bonds is 2. The summed E-state index contributed by atoms with van der Waals surface area (Å²) in [5.74, 6) is 0. The van der Waals surface area contributed by atoms with E-state index in [1.807, 2.05) is 0 Å². The van der Waals surface area contributed by atoms with Crippen molar-refractivity contribution in [2.24, 2.45) is 5.73 Å². The third kappa shape index (κ3) is 2.29. The summed E-state index contributed by atoms with van der Waals surface area (Å²) < 4.78 is 0. The summed E-state index contributed by atoms with van der Waals surface area (Å²) in [6.45, 7) is 4.78. The van der Waals surface area contributed by atoms with Crippen LogP contribution in [0.15, 0.2) is 0 Å². The zero-order chi connectivity index (χ0) is 10.0. The summed E-state index contributed by atoms with van der Waals surface area (Å²) in [6.07, 6.45) is 9.34. The first-order valence-corrected chi connectivity index (χ1v) is 6.23. The van der Waals surface area contributed by atoms with Gasteiger partial charge >= 0.3 is 0 Å². The van der Waals surface area contributed by atoms with E-state index in [-0.39, 0.29) is 5.54 Å². The lowest BCUT2D eigenvalue weighted by atomic mass is 9.95. The van der Waals surface area contributed by atoms with Gasteiger partial charge in [0, 0.05) is 18.1 Å². The largest absolute Gasteiger partial charge is 0.324 e. The molecule has 2 N–H and O–H groups in total. The molecule has 1 atom stereocenters. The minimum Gasteiger partial charge on any atom is -0.324 e. The van der Waals surface area contributed by atoms with E-state index < -0.39 is 0 Å². The van der Waals surface area contributed by atoms with Crippen molar-refractivity contribution in [2.45, 2.75) is 63.5 Å². The van der Waals surface area contributed by atoms with Gasteiger partial charge in [-0.2, -0.15) is 0 Å². The summed E-state index contributed by atoms with van der Waals surface area (Å²) in [7, 11) is 0. The van der Waals surface area contributed by atoms with E-state index in [0.29, 0.717) is 0 Å². The van der Waals surface area contributed by atoms with Gasteiger partial charge in [0.25, 0.3) is 0 Å². The van der Waals surface area contributed by atoms with E-state index in [2.05, 4.69) is 11.8 Å². The molecule has 1 saturated heterocycles. The number of hydrogen-bond donors (Lipinski definition) is 1. The maximum atomic E-state index is 6.41. The second kappa shape index (κ2) is 4.19. The van der Waals surface area contributed by atoms with Crippen molar-refractivity contribution in [2.75, 3.05) is 13.1 Å². The lowest BCUT2D eigenvalue weighted by Crippen LogP contribution is -2.52. The fraction of sp³-hybridized carbons (Fsp3) is 1.00. The molecule has 0 aromatic heterocycles. The molecular formula is C12H24N2. The van der Waals surface area contributed by atoms with Crippen LogP contribution in [0.4, 0.5) is 0 Å². The molecule has 82 valence electrons. The Balaban J connectivity index is 1.88. The Bertz CT molecular complexity index is 185. The molecule has 1 unspecified atom stereocenters. The van der Waals surface area contributed by atoms with Crippen LogP contribution in [0.3, 0.4) is 0 Å². The summed E-state index contributed by atoms with van der Waals surface area (Å²) in [5.41, 5.74) is 6.57. The molecule has 2 aliphatic rings. The van der Waals surface area contributed by atoms with Gasteiger partial charge in [-0.3, -0.25) is 4.90 Å². The highest BCUT2D eigenvalue weighted by molar-refractivity contribution is 4.93. The first-order valence-electron chi connectivity index (χ1n) is 6.23. The quantitative estimate of drug-likeness (QED) is 0.733. The zero-order valence-corrected chi connectivity index (χ0v) is 9.47. The molecule has 1 heterocycles. The maximum absolute atomic E-state index is 6.41. The highest BCUT2D eigenvalue weighted by Gasteiger charge is 2.33. The molecule has 1 aliphatic heterocycles. The fourth-order valence-corrected chi connectivity index (χ4v) is 3.03. The lowest BCUT2D eigenvalue weighted by Gasteiger charge is -2.39. The van der Waals surface area contributed by atoms with Crippen LogP contribution in [0.25, 0.3) is 0 Å². The molecule has 0 aromatic rings. The topological polar surface area (TPSA) is 29.3 Å². The van der Waals surface area contributed by atoms with Gasteiger partial charge in [0.05, 0.1) is 0 Å². The first kappa shape index (κ1) is 10.4. The van der Waals surface area contributed by atoms with E-state index in [1.165, 1.54) is 51.5 Å². The summed E-state index contributed by atoms with van der Waals surface area (Å²) in [5, 5.41) is 0. The molecule has 0 amide bonds.